The number of nitrogens with zero attached hydrogens (tertiary/aromatic N) is 1. The maximum Gasteiger partial charge on any atom is 0.413 e. The van der Waals surface area contributed by atoms with Gasteiger partial charge in [0.2, 0.25) is 0 Å². The van der Waals surface area contributed by atoms with Gasteiger partial charge in [0.1, 0.15) is 18.0 Å². The van der Waals surface area contributed by atoms with Crippen LogP contribution in [0.1, 0.15) is 55.9 Å². The second-order valence-corrected chi connectivity index (χ2v) is 8.68. The van der Waals surface area contributed by atoms with Gasteiger partial charge in [-0.15, -0.1) is 0 Å². The number of pyridine rings is 1. The summed E-state index contributed by atoms with van der Waals surface area (Å²) in [6, 6.07) is 8.09. The molecule has 0 fully saturated rings. The Hall–Kier alpha value is -4.34. The standard InChI is InChI=1S/C27H28N2O7/c1-18(25(32)33)22-14-19(7-5-11-30)13-20(15-22)8-6-12-35-24(31)17-21-9-10-28-23(16-21)29-26(34)36-27(2,3)4/h9-10,13-16,18,30H,11-12,17H2,1-4H3,(H,32,33)(H,28,29,34). The molecule has 0 aliphatic carbocycles. The zero-order valence-electron chi connectivity index (χ0n) is 20.5. The first-order chi connectivity index (χ1) is 17.0. The quantitative estimate of drug-likeness (QED) is 0.414. The van der Waals surface area contributed by atoms with Gasteiger partial charge in [0.15, 0.2) is 6.61 Å². The molecule has 0 aliphatic rings. The molecule has 9 heteroatoms. The lowest BCUT2D eigenvalue weighted by Crippen LogP contribution is -2.27. The maximum atomic E-state index is 12.2. The highest BCUT2D eigenvalue weighted by Gasteiger charge is 2.17. The Morgan fingerprint density at radius 3 is 2.36 bits per heavy atom. The van der Waals surface area contributed by atoms with Crippen LogP contribution in [-0.2, 0) is 25.5 Å². The summed E-state index contributed by atoms with van der Waals surface area (Å²) in [5.74, 6) is 8.80. The third-order valence-electron chi connectivity index (χ3n) is 4.48. The van der Waals surface area contributed by atoms with E-state index in [4.69, 9.17) is 14.6 Å². The van der Waals surface area contributed by atoms with Crippen LogP contribution in [0.4, 0.5) is 10.6 Å². The number of ether oxygens (including phenoxy) is 2. The number of aromatic nitrogens is 1. The molecule has 1 aromatic carbocycles. The van der Waals surface area contributed by atoms with Crippen LogP contribution < -0.4 is 5.32 Å². The first-order valence-corrected chi connectivity index (χ1v) is 11.0. The molecule has 2 aromatic rings. The van der Waals surface area contributed by atoms with Gasteiger partial charge in [0.25, 0.3) is 0 Å². The van der Waals surface area contributed by atoms with E-state index < -0.39 is 29.6 Å². The molecule has 36 heavy (non-hydrogen) atoms. The number of nitrogens with one attached hydrogen (secondary N) is 1. The van der Waals surface area contributed by atoms with Crippen LogP contribution in [0.25, 0.3) is 0 Å². The number of carboxylic acids is 1. The highest BCUT2D eigenvalue weighted by molar-refractivity contribution is 5.84. The number of esters is 1. The van der Waals surface area contributed by atoms with Crippen LogP contribution in [0.5, 0.6) is 0 Å². The number of carbonyl (C=O) groups excluding carboxylic acids is 2. The number of benzene rings is 1. The van der Waals surface area contributed by atoms with Crippen LogP contribution in [0.2, 0.25) is 0 Å². The van der Waals surface area contributed by atoms with Gasteiger partial charge in [-0.3, -0.25) is 14.9 Å². The number of aliphatic hydroxyl groups is 1. The normalized spacial score (nSPS) is 11.1. The van der Waals surface area contributed by atoms with E-state index in [1.807, 2.05) is 0 Å². The van der Waals surface area contributed by atoms with E-state index >= 15 is 0 Å². The summed E-state index contributed by atoms with van der Waals surface area (Å²) in [7, 11) is 0. The molecular weight excluding hydrogens is 464 g/mol. The Labute approximate surface area is 209 Å². The number of hydrogen-bond donors (Lipinski definition) is 3. The van der Waals surface area contributed by atoms with Crippen molar-refractivity contribution in [2.24, 2.45) is 0 Å². The Balaban J connectivity index is 2.00. The van der Waals surface area contributed by atoms with Crippen molar-refractivity contribution in [3.8, 4) is 23.7 Å². The summed E-state index contributed by atoms with van der Waals surface area (Å²) in [5, 5.41) is 20.7. The molecule has 9 nitrogen and oxygen atoms in total. The number of rotatable bonds is 6. The second kappa shape index (κ2) is 12.9. The number of aliphatic carboxylic acids is 1. The van der Waals surface area contributed by atoms with Crippen LogP contribution in [0.15, 0.2) is 36.5 Å². The number of anilines is 1. The number of aliphatic hydroxyl groups excluding tert-OH is 1. The minimum absolute atomic E-state index is 0.0558. The Bertz CT molecular complexity index is 1240. The largest absolute Gasteiger partial charge is 0.481 e. The molecular formula is C27H28N2O7. The van der Waals surface area contributed by atoms with Crippen molar-refractivity contribution in [2.75, 3.05) is 18.5 Å². The molecule has 1 unspecified atom stereocenters. The maximum absolute atomic E-state index is 12.2. The fourth-order valence-electron chi connectivity index (χ4n) is 2.86. The summed E-state index contributed by atoms with van der Waals surface area (Å²) < 4.78 is 10.3. The predicted molar refractivity (Wildman–Crippen MR) is 132 cm³/mol. The SMILES string of the molecule is CC(C(=O)O)c1cc(C#CCO)cc(C#CCOC(=O)Cc2ccnc(NC(=O)OC(C)(C)C)c2)c1. The summed E-state index contributed by atoms with van der Waals surface area (Å²) in [5.41, 5.74) is 1.46. The van der Waals surface area contributed by atoms with Crippen LogP contribution in [-0.4, -0.2) is 52.0 Å². The third-order valence-corrected chi connectivity index (χ3v) is 4.48. The monoisotopic (exact) mass is 492 g/mol. The molecule has 0 saturated carbocycles. The number of carboxylic acid groups (broad SMARTS) is 1. The molecule has 1 aromatic heterocycles. The molecule has 1 atom stereocenters. The zero-order valence-corrected chi connectivity index (χ0v) is 20.5. The second-order valence-electron chi connectivity index (χ2n) is 8.68. The lowest BCUT2D eigenvalue weighted by Gasteiger charge is -2.19. The molecule has 0 radical (unpaired) electrons. The molecule has 188 valence electrons. The lowest BCUT2D eigenvalue weighted by molar-refractivity contribution is -0.141. The van der Waals surface area contributed by atoms with Crippen molar-refractivity contribution >= 4 is 23.8 Å². The molecule has 0 aliphatic heterocycles. The molecule has 0 spiro atoms. The molecule has 1 heterocycles. The third kappa shape index (κ3) is 9.88. The molecule has 0 saturated heterocycles. The van der Waals surface area contributed by atoms with Crippen LogP contribution in [0.3, 0.4) is 0 Å². The van der Waals surface area contributed by atoms with Crippen molar-refractivity contribution in [1.82, 2.24) is 4.98 Å². The summed E-state index contributed by atoms with van der Waals surface area (Å²) in [6.07, 6.45) is 0.745. The number of hydrogen-bond acceptors (Lipinski definition) is 7. The summed E-state index contributed by atoms with van der Waals surface area (Å²) in [4.78, 5) is 39.5. The average Bonchev–Trinajstić information content (AvgIpc) is 2.78. The van der Waals surface area contributed by atoms with Crippen molar-refractivity contribution in [2.45, 2.75) is 45.6 Å². The van der Waals surface area contributed by atoms with E-state index in [2.05, 4.69) is 34.0 Å². The smallest absolute Gasteiger partial charge is 0.413 e. The van der Waals surface area contributed by atoms with Gasteiger partial charge in [0.05, 0.1) is 12.3 Å². The van der Waals surface area contributed by atoms with Crippen molar-refractivity contribution in [3.05, 3.63) is 58.8 Å². The van der Waals surface area contributed by atoms with Crippen molar-refractivity contribution in [1.29, 1.82) is 0 Å². The fraction of sp³-hybridized carbons (Fsp3) is 0.333. The minimum atomic E-state index is -0.990. The minimum Gasteiger partial charge on any atom is -0.481 e. The molecule has 1 amide bonds. The average molecular weight is 493 g/mol. The fourth-order valence-corrected chi connectivity index (χ4v) is 2.86. The van der Waals surface area contributed by atoms with E-state index in [0.29, 0.717) is 22.3 Å². The summed E-state index contributed by atoms with van der Waals surface area (Å²) >= 11 is 0. The van der Waals surface area contributed by atoms with Gasteiger partial charge in [-0.2, -0.15) is 0 Å². The Morgan fingerprint density at radius 1 is 1.08 bits per heavy atom. The van der Waals surface area contributed by atoms with E-state index in [9.17, 15) is 19.5 Å². The van der Waals surface area contributed by atoms with Gasteiger partial charge < -0.3 is 19.7 Å². The first kappa shape index (κ1) is 27.9. The summed E-state index contributed by atoms with van der Waals surface area (Å²) in [6.45, 7) is 6.27. The van der Waals surface area contributed by atoms with Crippen LogP contribution >= 0.6 is 0 Å². The van der Waals surface area contributed by atoms with Gasteiger partial charge in [0, 0.05) is 17.3 Å². The van der Waals surface area contributed by atoms with Crippen LogP contribution in [0, 0.1) is 23.7 Å². The molecule has 0 bridgehead atoms. The number of carbonyl (C=O) groups is 3. The van der Waals surface area contributed by atoms with Gasteiger partial charge in [-0.25, -0.2) is 9.78 Å². The van der Waals surface area contributed by atoms with Crippen molar-refractivity contribution in [3.63, 3.8) is 0 Å². The van der Waals surface area contributed by atoms with E-state index in [1.54, 1.807) is 58.0 Å². The zero-order chi connectivity index (χ0) is 26.7. The van der Waals surface area contributed by atoms with E-state index in [1.165, 1.54) is 6.20 Å². The van der Waals surface area contributed by atoms with Gasteiger partial charge in [-0.05, 0) is 69.2 Å². The Kier molecular flexibility index (Phi) is 10.0. The predicted octanol–water partition coefficient (Wildman–Crippen LogP) is 3.10. The van der Waals surface area contributed by atoms with Gasteiger partial charge in [-0.1, -0.05) is 23.7 Å². The van der Waals surface area contributed by atoms with Gasteiger partial charge >= 0.3 is 18.0 Å². The Morgan fingerprint density at radius 2 is 1.75 bits per heavy atom. The molecule has 2 rings (SSSR count). The van der Waals surface area contributed by atoms with E-state index in [-0.39, 0.29) is 25.5 Å². The van der Waals surface area contributed by atoms with Crippen molar-refractivity contribution < 1.29 is 34.1 Å². The lowest BCUT2D eigenvalue weighted by atomic mass is 9.96. The first-order valence-electron chi connectivity index (χ1n) is 11.0. The number of amides is 1. The molecule has 3 N–H and O–H groups in total. The van der Waals surface area contributed by atoms with E-state index in [0.717, 1.165) is 0 Å². The highest BCUT2D eigenvalue weighted by atomic mass is 16.6. The highest BCUT2D eigenvalue weighted by Crippen LogP contribution is 2.19. The topological polar surface area (TPSA) is 135 Å².